The molecule has 2 saturated heterocycles. The average molecular weight is 280 g/mol. The van der Waals surface area contributed by atoms with E-state index in [1.54, 1.807) is 6.20 Å². The Balaban J connectivity index is 0.000000212. The second-order valence-electron chi connectivity index (χ2n) is 4.86. The van der Waals surface area contributed by atoms with E-state index in [0.29, 0.717) is 0 Å². The van der Waals surface area contributed by atoms with Crippen LogP contribution in [0.4, 0.5) is 0 Å². The Morgan fingerprint density at radius 1 is 1.45 bits per heavy atom. The van der Waals surface area contributed by atoms with Gasteiger partial charge >= 0.3 is 11.9 Å². The lowest BCUT2D eigenvalue weighted by atomic mass is 9.99. The van der Waals surface area contributed by atoms with E-state index in [9.17, 15) is 0 Å². The van der Waals surface area contributed by atoms with Gasteiger partial charge in [-0.15, -0.1) is 0 Å². The molecule has 0 aliphatic carbocycles. The van der Waals surface area contributed by atoms with Gasteiger partial charge in [0.2, 0.25) is 5.89 Å². The van der Waals surface area contributed by atoms with E-state index in [2.05, 4.69) is 16.0 Å². The zero-order valence-electron chi connectivity index (χ0n) is 11.1. The Morgan fingerprint density at radius 3 is 2.55 bits per heavy atom. The molecule has 2 bridgehead atoms. The fourth-order valence-corrected chi connectivity index (χ4v) is 2.43. The summed E-state index contributed by atoms with van der Waals surface area (Å²) in [6, 6.07) is 0. The van der Waals surface area contributed by atoms with Gasteiger partial charge in [-0.3, -0.25) is 4.90 Å². The molecule has 0 radical (unpaired) electrons. The molecule has 1 aromatic rings. The molecule has 1 aromatic heterocycles. The highest BCUT2D eigenvalue weighted by molar-refractivity contribution is 6.27. The minimum Gasteiger partial charge on any atom is -0.473 e. The van der Waals surface area contributed by atoms with Gasteiger partial charge in [-0.2, -0.15) is 0 Å². The summed E-state index contributed by atoms with van der Waals surface area (Å²) in [6.07, 6.45) is 5.21. The van der Waals surface area contributed by atoms with Crippen LogP contribution in [0.2, 0.25) is 0 Å². The molecular formula is C13H16N2O5. The molecule has 2 atom stereocenters. The maximum atomic E-state index is 9.10. The van der Waals surface area contributed by atoms with E-state index in [1.165, 1.54) is 25.1 Å². The maximum absolute atomic E-state index is 9.10. The molecule has 2 unspecified atom stereocenters. The Bertz CT molecular complexity index is 537. The van der Waals surface area contributed by atoms with Crippen LogP contribution < -0.4 is 0 Å². The van der Waals surface area contributed by atoms with Gasteiger partial charge in [-0.05, 0) is 31.4 Å². The SMILES string of the molecule is Cc1cnc(/C=C2\CN3CCC2C3)o1.O=C(O)C(=O)O. The number of rotatable bonds is 1. The largest absolute Gasteiger partial charge is 0.473 e. The first-order valence-electron chi connectivity index (χ1n) is 6.27. The molecule has 2 N–H and O–H groups in total. The summed E-state index contributed by atoms with van der Waals surface area (Å²) in [5.41, 5.74) is 1.50. The van der Waals surface area contributed by atoms with Gasteiger partial charge in [0.1, 0.15) is 5.76 Å². The average Bonchev–Trinajstić information content (AvgIpc) is 3.07. The van der Waals surface area contributed by atoms with Crippen molar-refractivity contribution in [2.45, 2.75) is 13.3 Å². The molecule has 7 nitrogen and oxygen atoms in total. The van der Waals surface area contributed by atoms with Gasteiger partial charge in [0.05, 0.1) is 6.20 Å². The minimum atomic E-state index is -1.82. The van der Waals surface area contributed by atoms with Crippen LogP contribution in [0.5, 0.6) is 0 Å². The van der Waals surface area contributed by atoms with Crippen LogP contribution in [0.3, 0.4) is 0 Å². The van der Waals surface area contributed by atoms with Gasteiger partial charge in [0, 0.05) is 19.2 Å². The Kier molecular flexibility index (Phi) is 4.19. The molecule has 3 rings (SSSR count). The van der Waals surface area contributed by atoms with Crippen molar-refractivity contribution in [1.82, 2.24) is 9.88 Å². The maximum Gasteiger partial charge on any atom is 0.414 e. The number of oxazole rings is 1. The number of hydrogen-bond acceptors (Lipinski definition) is 5. The number of aryl methyl sites for hydroxylation is 1. The van der Waals surface area contributed by atoms with Crippen molar-refractivity contribution in [3.63, 3.8) is 0 Å². The predicted octanol–water partition coefficient (Wildman–Crippen LogP) is 0.858. The molecule has 0 aromatic carbocycles. The number of fused-ring (bicyclic) bond motifs is 2. The third kappa shape index (κ3) is 3.45. The number of hydrogen-bond donors (Lipinski definition) is 2. The van der Waals surface area contributed by atoms with Crippen LogP contribution in [0.1, 0.15) is 18.1 Å². The first kappa shape index (κ1) is 14.3. The normalized spacial score (nSPS) is 25.4. The van der Waals surface area contributed by atoms with E-state index in [4.69, 9.17) is 24.2 Å². The highest BCUT2D eigenvalue weighted by Crippen LogP contribution is 2.33. The summed E-state index contributed by atoms with van der Waals surface area (Å²) in [4.78, 5) is 24.9. The molecule has 0 spiro atoms. The highest BCUT2D eigenvalue weighted by atomic mass is 16.4. The summed E-state index contributed by atoms with van der Waals surface area (Å²) in [7, 11) is 0. The number of carboxylic acid groups (broad SMARTS) is 2. The summed E-state index contributed by atoms with van der Waals surface area (Å²) < 4.78 is 5.45. The number of nitrogens with zero attached hydrogens (tertiary/aromatic N) is 2. The molecule has 2 aliphatic rings. The van der Waals surface area contributed by atoms with Crippen molar-refractivity contribution >= 4 is 18.0 Å². The van der Waals surface area contributed by atoms with Crippen LogP contribution in [-0.2, 0) is 9.59 Å². The van der Waals surface area contributed by atoms with Gasteiger partial charge in [0.15, 0.2) is 0 Å². The minimum absolute atomic E-state index is 0.766. The Morgan fingerprint density at radius 2 is 2.15 bits per heavy atom. The summed E-state index contributed by atoms with van der Waals surface area (Å²) >= 11 is 0. The highest BCUT2D eigenvalue weighted by Gasteiger charge is 2.33. The standard InChI is InChI=1S/C11H14N2O.C2H2O4/c1-8-5-12-11(14-8)4-10-7-13-3-2-9(10)6-13;3-1(4)2(5)6/h4-5,9H,2-3,6-7H2,1H3;(H,3,4)(H,5,6)/b10-4+;. The first-order valence-corrected chi connectivity index (χ1v) is 6.27. The van der Waals surface area contributed by atoms with Gasteiger partial charge in [-0.25, -0.2) is 14.6 Å². The molecule has 2 fully saturated rings. The quantitative estimate of drug-likeness (QED) is 0.735. The van der Waals surface area contributed by atoms with E-state index >= 15 is 0 Å². The van der Waals surface area contributed by atoms with Crippen LogP contribution in [-0.4, -0.2) is 51.7 Å². The number of aromatic nitrogens is 1. The topological polar surface area (TPSA) is 104 Å². The molecule has 2 aliphatic heterocycles. The predicted molar refractivity (Wildman–Crippen MR) is 69.0 cm³/mol. The summed E-state index contributed by atoms with van der Waals surface area (Å²) in [5.74, 6) is -1.22. The Labute approximate surface area is 115 Å². The molecule has 3 heterocycles. The molecule has 108 valence electrons. The lowest BCUT2D eigenvalue weighted by Gasteiger charge is -2.13. The van der Waals surface area contributed by atoms with Gasteiger partial charge < -0.3 is 14.6 Å². The van der Waals surface area contributed by atoms with E-state index in [0.717, 1.165) is 24.1 Å². The van der Waals surface area contributed by atoms with Gasteiger partial charge in [0.25, 0.3) is 0 Å². The van der Waals surface area contributed by atoms with Crippen molar-refractivity contribution in [3.05, 3.63) is 23.4 Å². The van der Waals surface area contributed by atoms with Crippen LogP contribution >= 0.6 is 0 Å². The first-order chi connectivity index (χ1) is 9.45. The number of carboxylic acids is 2. The third-order valence-corrected chi connectivity index (χ3v) is 3.33. The van der Waals surface area contributed by atoms with E-state index < -0.39 is 11.9 Å². The third-order valence-electron chi connectivity index (χ3n) is 3.33. The smallest absolute Gasteiger partial charge is 0.414 e. The number of piperidine rings is 1. The van der Waals surface area contributed by atoms with E-state index in [-0.39, 0.29) is 0 Å². The second kappa shape index (κ2) is 5.87. The van der Waals surface area contributed by atoms with Gasteiger partial charge in [-0.1, -0.05) is 0 Å². The lowest BCUT2D eigenvalue weighted by Crippen LogP contribution is -2.17. The lowest BCUT2D eigenvalue weighted by molar-refractivity contribution is -0.159. The van der Waals surface area contributed by atoms with Crippen LogP contribution in [0.25, 0.3) is 6.08 Å². The molecule has 20 heavy (non-hydrogen) atoms. The zero-order chi connectivity index (χ0) is 14.7. The van der Waals surface area contributed by atoms with Crippen LogP contribution in [0.15, 0.2) is 16.2 Å². The molecule has 0 saturated carbocycles. The number of aliphatic carboxylic acids is 2. The van der Waals surface area contributed by atoms with Crippen molar-refractivity contribution in [1.29, 1.82) is 0 Å². The second-order valence-corrected chi connectivity index (χ2v) is 4.86. The van der Waals surface area contributed by atoms with Crippen molar-refractivity contribution in [2.75, 3.05) is 19.6 Å². The zero-order valence-corrected chi connectivity index (χ0v) is 11.1. The molecular weight excluding hydrogens is 264 g/mol. The fraction of sp³-hybridized carbons (Fsp3) is 0.462. The Hall–Kier alpha value is -2.15. The van der Waals surface area contributed by atoms with Crippen LogP contribution in [0, 0.1) is 12.8 Å². The summed E-state index contributed by atoms with van der Waals surface area (Å²) in [5, 5.41) is 14.8. The number of carbonyl (C=O) groups is 2. The van der Waals surface area contributed by atoms with E-state index in [1.807, 2.05) is 6.92 Å². The summed E-state index contributed by atoms with van der Waals surface area (Å²) in [6.45, 7) is 5.56. The monoisotopic (exact) mass is 280 g/mol. The van der Waals surface area contributed by atoms with Crippen molar-refractivity contribution < 1.29 is 24.2 Å². The molecule has 0 amide bonds. The van der Waals surface area contributed by atoms with Crippen molar-refractivity contribution in [2.24, 2.45) is 5.92 Å². The fourth-order valence-electron chi connectivity index (χ4n) is 2.43. The molecule has 7 heteroatoms. The van der Waals surface area contributed by atoms with Crippen molar-refractivity contribution in [3.8, 4) is 0 Å².